The first kappa shape index (κ1) is 22.8. The van der Waals surface area contributed by atoms with Crippen LogP contribution in [-0.4, -0.2) is 18.4 Å². The molecule has 5 heteroatoms. The van der Waals surface area contributed by atoms with Crippen molar-refractivity contribution in [1.29, 1.82) is 0 Å². The Morgan fingerprint density at radius 2 is 1.44 bits per heavy atom. The van der Waals surface area contributed by atoms with Crippen LogP contribution in [0.4, 0.5) is 4.39 Å². The molecular weight excluding hydrogens is 407 g/mol. The number of carbonyl (C=O) groups is 2. The largest absolute Gasteiger partial charge is 0.481 e. The van der Waals surface area contributed by atoms with Crippen molar-refractivity contribution in [1.82, 2.24) is 0 Å². The first-order valence-electron chi connectivity index (χ1n) is 10.0. The maximum absolute atomic E-state index is 14.0. The van der Waals surface area contributed by atoms with Crippen molar-refractivity contribution in [2.45, 2.75) is 26.2 Å². The number of terminal acetylenes is 1. The average Bonchev–Trinajstić information content (AvgIpc) is 2.77. The standard InChI is InChI=1S/C27H23FO4/c1-5-14-31-23-10-6-18(7-11-23)25(29)19-8-12-24(13-9-19)32-26(30)20-15-21(27(2,3)4)17-22(28)16-20/h1,6-13,15-17H,14H2,2-4H3. The Kier molecular flexibility index (Phi) is 6.75. The predicted molar refractivity (Wildman–Crippen MR) is 121 cm³/mol. The van der Waals surface area contributed by atoms with Gasteiger partial charge in [0.15, 0.2) is 5.78 Å². The molecule has 3 aromatic rings. The van der Waals surface area contributed by atoms with Gasteiger partial charge in [0.25, 0.3) is 0 Å². The molecule has 0 aromatic heterocycles. The average molecular weight is 430 g/mol. The third-order valence-corrected chi connectivity index (χ3v) is 4.77. The molecule has 0 saturated carbocycles. The molecule has 0 radical (unpaired) electrons. The Balaban J connectivity index is 1.71. The highest BCUT2D eigenvalue weighted by Gasteiger charge is 2.19. The van der Waals surface area contributed by atoms with Crippen LogP contribution in [0, 0.1) is 18.2 Å². The van der Waals surface area contributed by atoms with Crippen molar-refractivity contribution in [3.8, 4) is 23.8 Å². The number of ketones is 1. The van der Waals surface area contributed by atoms with Crippen LogP contribution in [0.5, 0.6) is 11.5 Å². The first-order chi connectivity index (χ1) is 15.2. The molecule has 3 aromatic carbocycles. The van der Waals surface area contributed by atoms with Crippen LogP contribution in [0.15, 0.2) is 66.7 Å². The SMILES string of the molecule is C#CCOc1ccc(C(=O)c2ccc(OC(=O)c3cc(F)cc(C(C)(C)C)c3)cc2)cc1. The van der Waals surface area contributed by atoms with Crippen LogP contribution in [0.3, 0.4) is 0 Å². The predicted octanol–water partition coefficient (Wildman–Crippen LogP) is 5.59. The van der Waals surface area contributed by atoms with Gasteiger partial charge >= 0.3 is 5.97 Å². The molecule has 0 aliphatic rings. The third kappa shape index (κ3) is 5.61. The molecule has 0 saturated heterocycles. The van der Waals surface area contributed by atoms with Gasteiger partial charge in [0.05, 0.1) is 5.56 Å². The van der Waals surface area contributed by atoms with Gasteiger partial charge < -0.3 is 9.47 Å². The zero-order valence-electron chi connectivity index (χ0n) is 18.1. The summed E-state index contributed by atoms with van der Waals surface area (Å²) in [6.45, 7) is 5.96. The molecule has 32 heavy (non-hydrogen) atoms. The zero-order valence-corrected chi connectivity index (χ0v) is 18.1. The van der Waals surface area contributed by atoms with E-state index in [1.54, 1.807) is 42.5 Å². The van der Waals surface area contributed by atoms with E-state index in [2.05, 4.69) is 5.92 Å². The molecule has 0 spiro atoms. The summed E-state index contributed by atoms with van der Waals surface area (Å²) in [6, 6.07) is 17.0. The molecule has 0 amide bonds. The molecule has 3 rings (SSSR count). The Bertz CT molecular complexity index is 1160. The van der Waals surface area contributed by atoms with Crippen LogP contribution in [0.1, 0.15) is 52.6 Å². The second-order valence-corrected chi connectivity index (χ2v) is 8.24. The zero-order chi connectivity index (χ0) is 23.3. The summed E-state index contributed by atoms with van der Waals surface area (Å²) >= 11 is 0. The number of hydrogen-bond acceptors (Lipinski definition) is 4. The Labute approximate surface area is 187 Å². The van der Waals surface area contributed by atoms with Gasteiger partial charge in [-0.3, -0.25) is 4.79 Å². The highest BCUT2D eigenvalue weighted by Crippen LogP contribution is 2.25. The second-order valence-electron chi connectivity index (χ2n) is 8.24. The number of carbonyl (C=O) groups excluding carboxylic acids is 2. The summed E-state index contributed by atoms with van der Waals surface area (Å²) in [5, 5.41) is 0. The minimum atomic E-state index is -0.670. The van der Waals surface area contributed by atoms with E-state index in [1.165, 1.54) is 18.2 Å². The maximum Gasteiger partial charge on any atom is 0.343 e. The lowest BCUT2D eigenvalue weighted by molar-refractivity contribution is 0.0734. The highest BCUT2D eigenvalue weighted by atomic mass is 19.1. The molecule has 0 aliphatic heterocycles. The molecular formula is C27H23FO4. The fourth-order valence-electron chi connectivity index (χ4n) is 2.98. The van der Waals surface area contributed by atoms with Gasteiger partial charge in [-0.1, -0.05) is 26.7 Å². The van der Waals surface area contributed by atoms with Crippen molar-refractivity contribution in [3.63, 3.8) is 0 Å². The topological polar surface area (TPSA) is 52.6 Å². The molecule has 0 bridgehead atoms. The number of benzene rings is 3. The first-order valence-corrected chi connectivity index (χ1v) is 10.0. The fraction of sp³-hybridized carbons (Fsp3) is 0.185. The minimum Gasteiger partial charge on any atom is -0.481 e. The van der Waals surface area contributed by atoms with Gasteiger partial charge in [-0.25, -0.2) is 9.18 Å². The van der Waals surface area contributed by atoms with Crippen molar-refractivity contribution >= 4 is 11.8 Å². The van der Waals surface area contributed by atoms with E-state index in [1.807, 2.05) is 20.8 Å². The van der Waals surface area contributed by atoms with Gasteiger partial charge in [0.1, 0.15) is 23.9 Å². The van der Waals surface area contributed by atoms with E-state index in [0.29, 0.717) is 22.4 Å². The van der Waals surface area contributed by atoms with Gasteiger partial charge in [0, 0.05) is 11.1 Å². The quantitative estimate of drug-likeness (QED) is 0.222. The van der Waals surface area contributed by atoms with Gasteiger partial charge in [-0.15, -0.1) is 6.42 Å². The molecule has 0 unspecified atom stereocenters. The third-order valence-electron chi connectivity index (χ3n) is 4.77. The summed E-state index contributed by atoms with van der Waals surface area (Å²) in [5.41, 5.74) is 1.42. The van der Waals surface area contributed by atoms with Crippen LogP contribution >= 0.6 is 0 Å². The lowest BCUT2D eigenvalue weighted by atomic mass is 9.86. The molecule has 0 heterocycles. The fourth-order valence-corrected chi connectivity index (χ4v) is 2.98. The Hall–Kier alpha value is -3.91. The van der Waals surface area contributed by atoms with E-state index in [4.69, 9.17) is 15.9 Å². The molecule has 0 atom stereocenters. The van der Waals surface area contributed by atoms with Crippen molar-refractivity contribution in [2.75, 3.05) is 6.61 Å². The molecule has 4 nitrogen and oxygen atoms in total. The summed E-state index contributed by atoms with van der Waals surface area (Å²) in [7, 11) is 0. The highest BCUT2D eigenvalue weighted by molar-refractivity contribution is 6.09. The van der Waals surface area contributed by atoms with Crippen molar-refractivity contribution in [2.24, 2.45) is 0 Å². The van der Waals surface area contributed by atoms with Crippen LogP contribution in [0.25, 0.3) is 0 Å². The van der Waals surface area contributed by atoms with Crippen LogP contribution in [0.2, 0.25) is 0 Å². The van der Waals surface area contributed by atoms with E-state index in [-0.39, 0.29) is 29.1 Å². The summed E-state index contributed by atoms with van der Waals surface area (Å²) < 4.78 is 24.7. The van der Waals surface area contributed by atoms with E-state index >= 15 is 0 Å². The Morgan fingerprint density at radius 1 is 0.875 bits per heavy atom. The minimum absolute atomic E-state index is 0.127. The number of halogens is 1. The van der Waals surface area contributed by atoms with Crippen molar-refractivity contribution < 1.29 is 23.5 Å². The lowest BCUT2D eigenvalue weighted by Gasteiger charge is -2.19. The number of ether oxygens (including phenoxy) is 2. The van der Waals surface area contributed by atoms with Crippen molar-refractivity contribution in [3.05, 3.63) is 94.8 Å². The number of rotatable bonds is 6. The van der Waals surface area contributed by atoms with Gasteiger partial charge in [0.2, 0.25) is 0 Å². The molecule has 0 aliphatic carbocycles. The Morgan fingerprint density at radius 3 is 1.97 bits per heavy atom. The normalized spacial score (nSPS) is 10.8. The van der Waals surface area contributed by atoms with Gasteiger partial charge in [-0.2, -0.15) is 0 Å². The molecule has 162 valence electrons. The second kappa shape index (κ2) is 9.49. The summed E-state index contributed by atoms with van der Waals surface area (Å²) in [5.74, 6) is 1.85. The van der Waals surface area contributed by atoms with E-state index < -0.39 is 11.8 Å². The van der Waals surface area contributed by atoms with E-state index in [0.717, 1.165) is 6.07 Å². The van der Waals surface area contributed by atoms with Crippen LogP contribution in [-0.2, 0) is 5.41 Å². The monoisotopic (exact) mass is 430 g/mol. The number of esters is 1. The number of hydrogen-bond donors (Lipinski definition) is 0. The maximum atomic E-state index is 14.0. The van der Waals surface area contributed by atoms with Crippen LogP contribution < -0.4 is 9.47 Å². The van der Waals surface area contributed by atoms with Gasteiger partial charge in [-0.05, 0) is 77.7 Å². The summed E-state index contributed by atoms with van der Waals surface area (Å²) in [4.78, 5) is 25.2. The molecule has 0 N–H and O–H groups in total. The smallest absolute Gasteiger partial charge is 0.343 e. The lowest BCUT2D eigenvalue weighted by Crippen LogP contribution is -2.15. The summed E-state index contributed by atoms with van der Waals surface area (Å²) in [6.07, 6.45) is 5.16. The van der Waals surface area contributed by atoms with E-state index in [9.17, 15) is 14.0 Å². The molecule has 0 fully saturated rings.